The Morgan fingerprint density at radius 2 is 2.12 bits per heavy atom. The first kappa shape index (κ1) is 12.0. The molecule has 2 aromatic carbocycles. The van der Waals surface area contributed by atoms with Gasteiger partial charge in [0.2, 0.25) is 0 Å². The zero-order valence-corrected chi connectivity index (χ0v) is 11.8. The molecular formula is C13H9BrClS. The highest BCUT2D eigenvalue weighted by Gasteiger charge is 2.05. The van der Waals surface area contributed by atoms with Gasteiger partial charge in [0.1, 0.15) is 0 Å². The van der Waals surface area contributed by atoms with Gasteiger partial charge in [-0.25, -0.2) is 0 Å². The second kappa shape index (κ2) is 5.26. The Labute approximate surface area is 113 Å². The van der Waals surface area contributed by atoms with E-state index in [-0.39, 0.29) is 0 Å². The first-order valence-corrected chi connectivity index (χ1v) is 7.12. The van der Waals surface area contributed by atoms with Crippen molar-refractivity contribution < 1.29 is 0 Å². The van der Waals surface area contributed by atoms with Crippen LogP contribution in [0.4, 0.5) is 0 Å². The highest BCUT2D eigenvalue weighted by Crippen LogP contribution is 2.33. The molecule has 0 saturated heterocycles. The van der Waals surface area contributed by atoms with Crippen molar-refractivity contribution in [3.63, 3.8) is 0 Å². The maximum absolute atomic E-state index is 6.13. The maximum Gasteiger partial charge on any atom is 0.0490 e. The predicted octanol–water partition coefficient (Wildman–Crippen LogP) is 5.29. The van der Waals surface area contributed by atoms with E-state index in [9.17, 15) is 0 Å². The van der Waals surface area contributed by atoms with Crippen LogP contribution in [0.2, 0.25) is 5.02 Å². The molecule has 0 aliphatic carbocycles. The van der Waals surface area contributed by atoms with Crippen molar-refractivity contribution in [1.29, 1.82) is 0 Å². The van der Waals surface area contributed by atoms with Gasteiger partial charge in [0.15, 0.2) is 0 Å². The van der Waals surface area contributed by atoms with Gasteiger partial charge in [-0.05, 0) is 52.0 Å². The molecule has 3 heteroatoms. The van der Waals surface area contributed by atoms with Crippen LogP contribution in [0.1, 0.15) is 0 Å². The summed E-state index contributed by atoms with van der Waals surface area (Å²) < 4.78 is 1.09. The summed E-state index contributed by atoms with van der Waals surface area (Å²) in [7, 11) is 0. The first-order chi connectivity index (χ1) is 7.72. The third kappa shape index (κ3) is 2.45. The molecule has 0 aliphatic rings. The van der Waals surface area contributed by atoms with E-state index in [4.69, 9.17) is 11.6 Å². The van der Waals surface area contributed by atoms with Gasteiger partial charge in [0.05, 0.1) is 0 Å². The summed E-state index contributed by atoms with van der Waals surface area (Å²) in [6, 6.07) is 15.0. The van der Waals surface area contributed by atoms with Gasteiger partial charge >= 0.3 is 0 Å². The maximum atomic E-state index is 6.13. The number of benzene rings is 2. The molecule has 0 amide bonds. The topological polar surface area (TPSA) is 0 Å². The Balaban J connectivity index is 2.50. The van der Waals surface area contributed by atoms with E-state index in [1.54, 1.807) is 11.8 Å². The second-order valence-corrected chi connectivity index (χ2v) is 5.35. The molecule has 0 spiro atoms. The van der Waals surface area contributed by atoms with Crippen LogP contribution in [0.15, 0.2) is 45.8 Å². The fourth-order valence-electron chi connectivity index (χ4n) is 1.46. The van der Waals surface area contributed by atoms with E-state index in [1.165, 1.54) is 4.90 Å². The van der Waals surface area contributed by atoms with Crippen LogP contribution in [0.3, 0.4) is 0 Å². The predicted molar refractivity (Wildman–Crippen MR) is 75.2 cm³/mol. The molecule has 0 atom stereocenters. The van der Waals surface area contributed by atoms with Crippen molar-refractivity contribution in [1.82, 2.24) is 0 Å². The Hall–Kier alpha value is -0.440. The molecule has 0 nitrogen and oxygen atoms in total. The van der Waals surface area contributed by atoms with Crippen LogP contribution in [0.25, 0.3) is 11.1 Å². The summed E-state index contributed by atoms with van der Waals surface area (Å²) in [4.78, 5) is 1.22. The highest BCUT2D eigenvalue weighted by atomic mass is 79.9. The molecule has 0 heterocycles. The zero-order chi connectivity index (χ0) is 11.5. The van der Waals surface area contributed by atoms with Gasteiger partial charge < -0.3 is 0 Å². The van der Waals surface area contributed by atoms with E-state index in [2.05, 4.69) is 46.5 Å². The number of hydrogen-bond acceptors (Lipinski definition) is 1. The molecule has 81 valence electrons. The third-order valence-corrected chi connectivity index (χ3v) is 4.28. The molecule has 0 saturated carbocycles. The minimum Gasteiger partial charge on any atom is -0.128 e. The number of halogens is 2. The van der Waals surface area contributed by atoms with Crippen LogP contribution >= 0.6 is 39.3 Å². The molecule has 0 N–H and O–H groups in total. The van der Waals surface area contributed by atoms with Crippen LogP contribution in [0, 0.1) is 6.07 Å². The Morgan fingerprint density at radius 3 is 2.75 bits per heavy atom. The average molecular weight is 313 g/mol. The van der Waals surface area contributed by atoms with Crippen LogP contribution in [-0.4, -0.2) is 6.26 Å². The lowest BCUT2D eigenvalue weighted by molar-refractivity contribution is 1.41. The molecular weight excluding hydrogens is 304 g/mol. The van der Waals surface area contributed by atoms with Crippen LogP contribution < -0.4 is 0 Å². The molecule has 0 bridgehead atoms. The molecule has 0 unspecified atom stereocenters. The van der Waals surface area contributed by atoms with Crippen molar-refractivity contribution in [3.8, 4) is 11.1 Å². The average Bonchev–Trinajstić information content (AvgIpc) is 2.29. The lowest BCUT2D eigenvalue weighted by Crippen LogP contribution is -1.81. The normalized spacial score (nSPS) is 10.4. The SMILES string of the molecule is CSc1ccc(-c2[c]cccc2Cl)cc1Br. The van der Waals surface area contributed by atoms with E-state index in [1.807, 2.05) is 18.2 Å². The first-order valence-electron chi connectivity index (χ1n) is 4.72. The summed E-state index contributed by atoms with van der Waals surface area (Å²) in [5.74, 6) is 0. The third-order valence-electron chi connectivity index (χ3n) is 2.25. The van der Waals surface area contributed by atoms with Gasteiger partial charge in [-0.1, -0.05) is 29.8 Å². The van der Waals surface area contributed by atoms with Gasteiger partial charge in [0.25, 0.3) is 0 Å². The summed E-state index contributed by atoms with van der Waals surface area (Å²) in [5, 5.41) is 0.728. The van der Waals surface area contributed by atoms with Gasteiger partial charge in [-0.2, -0.15) is 0 Å². The van der Waals surface area contributed by atoms with Crippen molar-refractivity contribution in [2.45, 2.75) is 4.90 Å². The highest BCUT2D eigenvalue weighted by molar-refractivity contribution is 9.10. The van der Waals surface area contributed by atoms with Crippen LogP contribution in [-0.2, 0) is 0 Å². The largest absolute Gasteiger partial charge is 0.128 e. The van der Waals surface area contributed by atoms with Crippen molar-refractivity contribution >= 4 is 39.3 Å². The Morgan fingerprint density at radius 1 is 1.31 bits per heavy atom. The number of thioether (sulfide) groups is 1. The molecule has 16 heavy (non-hydrogen) atoms. The summed E-state index contributed by atoms with van der Waals surface area (Å²) in [6.07, 6.45) is 2.06. The smallest absolute Gasteiger partial charge is 0.0490 e. The van der Waals surface area contributed by atoms with Crippen molar-refractivity contribution in [2.24, 2.45) is 0 Å². The molecule has 1 radical (unpaired) electrons. The Kier molecular flexibility index (Phi) is 3.95. The molecule has 0 aliphatic heterocycles. The lowest BCUT2D eigenvalue weighted by atomic mass is 10.1. The zero-order valence-electron chi connectivity index (χ0n) is 8.63. The fourth-order valence-corrected chi connectivity index (χ4v) is 3.02. The van der Waals surface area contributed by atoms with Crippen molar-refractivity contribution in [3.05, 3.63) is 52.0 Å². The van der Waals surface area contributed by atoms with Crippen molar-refractivity contribution in [2.75, 3.05) is 6.26 Å². The van der Waals surface area contributed by atoms with Crippen LogP contribution in [0.5, 0.6) is 0 Å². The fraction of sp³-hybridized carbons (Fsp3) is 0.0769. The number of rotatable bonds is 2. The Bertz CT molecular complexity index is 511. The van der Waals surface area contributed by atoms with Gasteiger partial charge in [0, 0.05) is 20.0 Å². The van der Waals surface area contributed by atoms with Gasteiger partial charge in [-0.15, -0.1) is 11.8 Å². The lowest BCUT2D eigenvalue weighted by Gasteiger charge is -2.06. The quantitative estimate of drug-likeness (QED) is 0.679. The van der Waals surface area contributed by atoms with E-state index in [0.29, 0.717) is 0 Å². The number of hydrogen-bond donors (Lipinski definition) is 0. The minimum atomic E-state index is 0.728. The monoisotopic (exact) mass is 311 g/mol. The molecule has 2 aromatic rings. The summed E-state index contributed by atoms with van der Waals surface area (Å²) >= 11 is 11.4. The van der Waals surface area contributed by atoms with E-state index in [0.717, 1.165) is 20.6 Å². The van der Waals surface area contributed by atoms with E-state index >= 15 is 0 Å². The molecule has 0 aromatic heterocycles. The molecule has 2 rings (SSSR count). The standard InChI is InChI=1S/C13H9BrClS/c1-16-13-7-6-9(8-11(13)14)10-4-2-3-5-12(10)15/h2-3,5-8H,1H3. The minimum absolute atomic E-state index is 0.728. The summed E-state index contributed by atoms with van der Waals surface area (Å²) in [6.45, 7) is 0. The second-order valence-electron chi connectivity index (χ2n) is 3.24. The van der Waals surface area contributed by atoms with E-state index < -0.39 is 0 Å². The molecule has 0 fully saturated rings. The summed E-state index contributed by atoms with van der Waals surface area (Å²) in [5.41, 5.74) is 2.02. The van der Waals surface area contributed by atoms with Gasteiger partial charge in [-0.3, -0.25) is 0 Å².